The third-order valence-electron chi connectivity index (χ3n) is 2.61. The zero-order valence-corrected chi connectivity index (χ0v) is 9.28. The van der Waals surface area contributed by atoms with Gasteiger partial charge in [0.15, 0.2) is 0 Å². The molecule has 86 valence electrons. The Balaban J connectivity index is 1.59. The molecule has 2 rings (SSSR count). The molecule has 16 heavy (non-hydrogen) atoms. The molecule has 1 aliphatic carbocycles. The minimum atomic E-state index is 0.0336. The lowest BCUT2D eigenvalue weighted by Gasteiger charge is -2.05. The molecular weight excluding hydrogens is 202 g/mol. The Morgan fingerprint density at radius 3 is 3.00 bits per heavy atom. The Hall–Kier alpha value is -1.42. The number of pyridine rings is 1. The number of amides is 1. The maximum Gasteiger partial charge on any atom is 0.234 e. The van der Waals surface area contributed by atoms with Crippen LogP contribution in [-0.4, -0.2) is 24.0 Å². The lowest BCUT2D eigenvalue weighted by atomic mass is 10.3. The van der Waals surface area contributed by atoms with Gasteiger partial charge in [0.25, 0.3) is 0 Å². The molecule has 0 saturated heterocycles. The number of carbonyl (C=O) groups excluding carboxylic acids is 1. The molecule has 0 aromatic carbocycles. The standard InChI is InChI=1S/C12H17N3O/c16-12(9-13-7-10-4-5-10)15-8-11-3-1-2-6-14-11/h1-3,6,10,13H,4-5,7-9H2,(H,15,16). The average molecular weight is 219 g/mol. The van der Waals surface area contributed by atoms with E-state index >= 15 is 0 Å². The van der Waals surface area contributed by atoms with Gasteiger partial charge in [-0.2, -0.15) is 0 Å². The van der Waals surface area contributed by atoms with Crippen LogP contribution in [0.25, 0.3) is 0 Å². The van der Waals surface area contributed by atoms with E-state index in [9.17, 15) is 4.79 Å². The third-order valence-corrected chi connectivity index (χ3v) is 2.61. The molecule has 0 unspecified atom stereocenters. The smallest absolute Gasteiger partial charge is 0.234 e. The van der Waals surface area contributed by atoms with Crippen LogP contribution in [0.1, 0.15) is 18.5 Å². The van der Waals surface area contributed by atoms with Crippen LogP contribution in [0, 0.1) is 5.92 Å². The molecule has 0 bridgehead atoms. The highest BCUT2D eigenvalue weighted by molar-refractivity contribution is 5.77. The Bertz CT molecular complexity index is 335. The van der Waals surface area contributed by atoms with Gasteiger partial charge in [-0.1, -0.05) is 6.07 Å². The summed E-state index contributed by atoms with van der Waals surface area (Å²) in [4.78, 5) is 15.6. The first-order chi connectivity index (χ1) is 7.84. The highest BCUT2D eigenvalue weighted by Gasteiger charge is 2.20. The zero-order valence-electron chi connectivity index (χ0n) is 9.28. The van der Waals surface area contributed by atoms with Gasteiger partial charge in [-0.25, -0.2) is 0 Å². The minimum absolute atomic E-state index is 0.0336. The van der Waals surface area contributed by atoms with Crippen LogP contribution in [0.3, 0.4) is 0 Å². The second-order valence-electron chi connectivity index (χ2n) is 4.17. The highest BCUT2D eigenvalue weighted by Crippen LogP contribution is 2.27. The van der Waals surface area contributed by atoms with Crippen LogP contribution in [0.5, 0.6) is 0 Å². The number of nitrogens with one attached hydrogen (secondary N) is 2. The summed E-state index contributed by atoms with van der Waals surface area (Å²) >= 11 is 0. The summed E-state index contributed by atoms with van der Waals surface area (Å²) in [5.74, 6) is 0.842. The summed E-state index contributed by atoms with van der Waals surface area (Å²) in [6, 6.07) is 5.68. The van der Waals surface area contributed by atoms with E-state index in [1.807, 2.05) is 18.2 Å². The normalized spacial score (nSPS) is 14.8. The Kier molecular flexibility index (Phi) is 3.88. The van der Waals surface area contributed by atoms with E-state index in [0.717, 1.165) is 18.2 Å². The van der Waals surface area contributed by atoms with Crippen LogP contribution in [-0.2, 0) is 11.3 Å². The number of carbonyl (C=O) groups is 1. The largest absolute Gasteiger partial charge is 0.349 e. The van der Waals surface area contributed by atoms with Gasteiger partial charge in [0.2, 0.25) is 5.91 Å². The second-order valence-corrected chi connectivity index (χ2v) is 4.17. The Labute approximate surface area is 95.5 Å². The predicted octanol–water partition coefficient (Wildman–Crippen LogP) is 0.697. The predicted molar refractivity (Wildman–Crippen MR) is 61.7 cm³/mol. The van der Waals surface area contributed by atoms with Crippen molar-refractivity contribution in [3.05, 3.63) is 30.1 Å². The SMILES string of the molecule is O=C(CNCC1CC1)NCc1ccccn1. The lowest BCUT2D eigenvalue weighted by molar-refractivity contribution is -0.120. The van der Waals surface area contributed by atoms with Crippen molar-refractivity contribution in [1.29, 1.82) is 0 Å². The van der Waals surface area contributed by atoms with Crippen LogP contribution < -0.4 is 10.6 Å². The van der Waals surface area contributed by atoms with Crippen molar-refractivity contribution in [2.45, 2.75) is 19.4 Å². The van der Waals surface area contributed by atoms with Gasteiger partial charge in [0.1, 0.15) is 0 Å². The van der Waals surface area contributed by atoms with Crippen molar-refractivity contribution >= 4 is 5.91 Å². The van der Waals surface area contributed by atoms with Gasteiger partial charge in [0.05, 0.1) is 18.8 Å². The fourth-order valence-corrected chi connectivity index (χ4v) is 1.47. The second kappa shape index (κ2) is 5.61. The van der Waals surface area contributed by atoms with Gasteiger partial charge in [0, 0.05) is 6.20 Å². The van der Waals surface area contributed by atoms with Crippen LogP contribution in [0.4, 0.5) is 0 Å². The average Bonchev–Trinajstić information content (AvgIpc) is 3.12. The molecule has 1 fully saturated rings. The van der Waals surface area contributed by atoms with E-state index < -0.39 is 0 Å². The molecule has 1 amide bonds. The molecule has 0 spiro atoms. The minimum Gasteiger partial charge on any atom is -0.349 e. The van der Waals surface area contributed by atoms with E-state index in [-0.39, 0.29) is 5.91 Å². The van der Waals surface area contributed by atoms with Crippen molar-refractivity contribution in [2.24, 2.45) is 5.92 Å². The first-order valence-corrected chi connectivity index (χ1v) is 5.72. The number of hydrogen-bond donors (Lipinski definition) is 2. The quantitative estimate of drug-likeness (QED) is 0.740. The van der Waals surface area contributed by atoms with Crippen molar-refractivity contribution in [2.75, 3.05) is 13.1 Å². The van der Waals surface area contributed by atoms with Crippen LogP contribution >= 0.6 is 0 Å². The summed E-state index contributed by atoms with van der Waals surface area (Å²) in [6.45, 7) is 1.88. The third kappa shape index (κ3) is 3.98. The number of rotatable bonds is 6. The van der Waals surface area contributed by atoms with Gasteiger partial charge >= 0.3 is 0 Å². The van der Waals surface area contributed by atoms with E-state index in [4.69, 9.17) is 0 Å². The summed E-state index contributed by atoms with van der Waals surface area (Å²) in [5.41, 5.74) is 0.887. The fourth-order valence-electron chi connectivity index (χ4n) is 1.47. The monoisotopic (exact) mass is 219 g/mol. The van der Waals surface area contributed by atoms with Gasteiger partial charge in [-0.3, -0.25) is 9.78 Å². The van der Waals surface area contributed by atoms with Crippen LogP contribution in [0.2, 0.25) is 0 Å². The van der Waals surface area contributed by atoms with Crippen molar-refractivity contribution < 1.29 is 4.79 Å². The van der Waals surface area contributed by atoms with E-state index in [2.05, 4.69) is 15.6 Å². The van der Waals surface area contributed by atoms with Gasteiger partial charge in [-0.05, 0) is 37.4 Å². The topological polar surface area (TPSA) is 54.0 Å². The molecule has 1 aromatic rings. The van der Waals surface area contributed by atoms with Crippen LogP contribution in [0.15, 0.2) is 24.4 Å². The summed E-state index contributed by atoms with van der Waals surface area (Å²) < 4.78 is 0. The van der Waals surface area contributed by atoms with Gasteiger partial charge in [-0.15, -0.1) is 0 Å². The van der Waals surface area contributed by atoms with E-state index in [1.54, 1.807) is 6.20 Å². The summed E-state index contributed by atoms with van der Waals surface area (Å²) in [5, 5.41) is 5.98. The summed E-state index contributed by atoms with van der Waals surface area (Å²) in [6.07, 6.45) is 4.35. The van der Waals surface area contributed by atoms with Crippen molar-refractivity contribution in [3.63, 3.8) is 0 Å². The molecule has 4 nitrogen and oxygen atoms in total. The summed E-state index contributed by atoms with van der Waals surface area (Å²) in [7, 11) is 0. The number of nitrogens with zero attached hydrogens (tertiary/aromatic N) is 1. The first kappa shape index (κ1) is 11.1. The Morgan fingerprint density at radius 2 is 2.31 bits per heavy atom. The first-order valence-electron chi connectivity index (χ1n) is 5.72. The molecule has 1 aromatic heterocycles. The molecule has 2 N–H and O–H groups in total. The lowest BCUT2D eigenvalue weighted by Crippen LogP contribution is -2.34. The Morgan fingerprint density at radius 1 is 1.44 bits per heavy atom. The molecular formula is C12H17N3O. The number of hydrogen-bond acceptors (Lipinski definition) is 3. The van der Waals surface area contributed by atoms with E-state index in [1.165, 1.54) is 12.8 Å². The maximum absolute atomic E-state index is 11.4. The molecule has 1 aliphatic rings. The van der Waals surface area contributed by atoms with Crippen molar-refractivity contribution in [1.82, 2.24) is 15.6 Å². The highest BCUT2D eigenvalue weighted by atomic mass is 16.1. The molecule has 0 radical (unpaired) electrons. The molecule has 4 heteroatoms. The molecule has 0 atom stereocenters. The zero-order chi connectivity index (χ0) is 11.2. The molecule has 1 saturated carbocycles. The number of aromatic nitrogens is 1. The molecule has 0 aliphatic heterocycles. The van der Waals surface area contributed by atoms with Crippen molar-refractivity contribution in [3.8, 4) is 0 Å². The van der Waals surface area contributed by atoms with Gasteiger partial charge < -0.3 is 10.6 Å². The van der Waals surface area contributed by atoms with E-state index in [0.29, 0.717) is 13.1 Å². The fraction of sp³-hybridized carbons (Fsp3) is 0.500. The maximum atomic E-state index is 11.4. The molecule has 1 heterocycles.